The van der Waals surface area contributed by atoms with E-state index in [9.17, 15) is 8.42 Å². The van der Waals surface area contributed by atoms with Gasteiger partial charge in [-0.05, 0) is 0 Å². The van der Waals surface area contributed by atoms with E-state index in [1.165, 1.54) is 13.2 Å². The van der Waals surface area contributed by atoms with Crippen molar-refractivity contribution in [1.29, 1.82) is 0 Å². The Labute approximate surface area is 108 Å². The van der Waals surface area contributed by atoms with E-state index in [2.05, 4.69) is 21.4 Å². The van der Waals surface area contributed by atoms with E-state index in [0.717, 1.165) is 4.31 Å². The van der Waals surface area contributed by atoms with Crippen molar-refractivity contribution in [3.63, 3.8) is 0 Å². The highest BCUT2D eigenvalue weighted by Crippen LogP contribution is 2.16. The fourth-order valence-corrected chi connectivity index (χ4v) is 2.51. The maximum Gasteiger partial charge on any atom is 0.260 e. The number of sulfonamides is 1. The van der Waals surface area contributed by atoms with Gasteiger partial charge in [0.25, 0.3) is 10.0 Å². The van der Waals surface area contributed by atoms with Gasteiger partial charge in [-0.2, -0.15) is 9.40 Å². The van der Waals surface area contributed by atoms with Crippen LogP contribution in [0, 0.1) is 12.3 Å². The number of hydrogen-bond acceptors (Lipinski definition) is 4. The van der Waals surface area contributed by atoms with E-state index >= 15 is 0 Å². The van der Waals surface area contributed by atoms with E-state index in [-0.39, 0.29) is 17.6 Å². The molecule has 0 bridgehead atoms. The van der Waals surface area contributed by atoms with Gasteiger partial charge in [-0.15, -0.1) is 6.42 Å². The first-order chi connectivity index (χ1) is 8.39. The molecule has 0 aliphatic rings. The number of nitrogens with one attached hydrogen (secondary N) is 2. The third-order valence-electron chi connectivity index (χ3n) is 2.36. The SMILES string of the molecule is C#CCN(C)S(=O)(=O)c1[nH]ncc1CNC(C)C. The second kappa shape index (κ2) is 6.00. The first kappa shape index (κ1) is 14.7. The largest absolute Gasteiger partial charge is 0.310 e. The molecule has 1 aromatic heterocycles. The van der Waals surface area contributed by atoms with Gasteiger partial charge in [0.05, 0.1) is 12.7 Å². The third kappa shape index (κ3) is 3.32. The van der Waals surface area contributed by atoms with Gasteiger partial charge in [0.2, 0.25) is 0 Å². The Bertz CT molecular complexity index is 527. The molecule has 0 aliphatic carbocycles. The van der Waals surface area contributed by atoms with Crippen LogP contribution in [0.5, 0.6) is 0 Å². The van der Waals surface area contributed by atoms with Crippen molar-refractivity contribution in [3.05, 3.63) is 11.8 Å². The van der Waals surface area contributed by atoms with Crippen molar-refractivity contribution in [1.82, 2.24) is 19.8 Å². The van der Waals surface area contributed by atoms with E-state index in [1.54, 1.807) is 0 Å². The quantitative estimate of drug-likeness (QED) is 0.722. The Morgan fingerprint density at radius 2 is 2.28 bits per heavy atom. The Balaban J connectivity index is 2.97. The molecule has 0 saturated carbocycles. The molecule has 0 fully saturated rings. The summed E-state index contributed by atoms with van der Waals surface area (Å²) in [5.74, 6) is 2.30. The van der Waals surface area contributed by atoms with Crippen LogP contribution in [0.3, 0.4) is 0 Å². The maximum atomic E-state index is 12.2. The molecule has 6 nitrogen and oxygen atoms in total. The second-order valence-corrected chi connectivity index (χ2v) is 6.21. The van der Waals surface area contributed by atoms with Crippen LogP contribution in [0.4, 0.5) is 0 Å². The summed E-state index contributed by atoms with van der Waals surface area (Å²) in [5, 5.41) is 9.55. The van der Waals surface area contributed by atoms with E-state index in [4.69, 9.17) is 6.42 Å². The summed E-state index contributed by atoms with van der Waals surface area (Å²) in [6.07, 6.45) is 6.63. The summed E-state index contributed by atoms with van der Waals surface area (Å²) >= 11 is 0. The molecule has 0 spiro atoms. The van der Waals surface area contributed by atoms with E-state index in [0.29, 0.717) is 12.1 Å². The highest BCUT2D eigenvalue weighted by atomic mass is 32.2. The van der Waals surface area contributed by atoms with Gasteiger partial charge in [-0.25, -0.2) is 8.42 Å². The van der Waals surface area contributed by atoms with E-state index < -0.39 is 10.0 Å². The fraction of sp³-hybridized carbons (Fsp3) is 0.545. The predicted molar refractivity (Wildman–Crippen MR) is 69.2 cm³/mol. The zero-order chi connectivity index (χ0) is 13.8. The lowest BCUT2D eigenvalue weighted by Crippen LogP contribution is -2.29. The summed E-state index contributed by atoms with van der Waals surface area (Å²) in [6.45, 7) is 4.43. The Morgan fingerprint density at radius 1 is 1.61 bits per heavy atom. The Hall–Kier alpha value is -1.36. The third-order valence-corrected chi connectivity index (χ3v) is 4.18. The first-order valence-corrected chi connectivity index (χ1v) is 6.99. The highest BCUT2D eigenvalue weighted by Gasteiger charge is 2.25. The summed E-state index contributed by atoms with van der Waals surface area (Å²) in [5.41, 5.74) is 0.604. The number of H-pyrrole nitrogens is 1. The van der Waals surface area contributed by atoms with Gasteiger partial charge >= 0.3 is 0 Å². The molecular formula is C11H18N4O2S. The molecule has 0 amide bonds. The first-order valence-electron chi connectivity index (χ1n) is 5.55. The van der Waals surface area contributed by atoms with Crippen LogP contribution in [0.1, 0.15) is 19.4 Å². The number of terminal acetylenes is 1. The molecule has 0 atom stereocenters. The van der Waals surface area contributed by atoms with Gasteiger partial charge in [-0.3, -0.25) is 5.10 Å². The van der Waals surface area contributed by atoms with Crippen molar-refractivity contribution in [2.75, 3.05) is 13.6 Å². The number of nitrogens with zero attached hydrogens (tertiary/aromatic N) is 2. The lowest BCUT2D eigenvalue weighted by Gasteiger charge is -2.14. The van der Waals surface area contributed by atoms with Gasteiger partial charge in [-0.1, -0.05) is 19.8 Å². The minimum atomic E-state index is -3.60. The zero-order valence-electron chi connectivity index (χ0n) is 10.8. The van der Waals surface area contributed by atoms with Crippen LogP contribution >= 0.6 is 0 Å². The summed E-state index contributed by atoms with van der Waals surface area (Å²) in [6, 6.07) is 0.263. The van der Waals surface area contributed by atoms with Crippen molar-refractivity contribution in [2.24, 2.45) is 0 Å². The minimum absolute atomic E-state index is 0.0262. The van der Waals surface area contributed by atoms with Crippen LogP contribution in [0.2, 0.25) is 0 Å². The maximum absolute atomic E-state index is 12.2. The molecular weight excluding hydrogens is 252 g/mol. The molecule has 0 radical (unpaired) electrons. The summed E-state index contributed by atoms with van der Waals surface area (Å²) in [4.78, 5) is 0. The van der Waals surface area contributed by atoms with E-state index in [1.807, 2.05) is 13.8 Å². The van der Waals surface area contributed by atoms with Crippen molar-refractivity contribution >= 4 is 10.0 Å². The Kier molecular flexibility index (Phi) is 4.90. The van der Waals surface area contributed by atoms with Crippen molar-refractivity contribution in [2.45, 2.75) is 31.5 Å². The van der Waals surface area contributed by atoms with Crippen LogP contribution in [-0.2, 0) is 16.6 Å². The zero-order valence-corrected chi connectivity index (χ0v) is 11.6. The molecule has 2 N–H and O–H groups in total. The number of aromatic nitrogens is 2. The normalized spacial score (nSPS) is 12.0. The molecule has 7 heteroatoms. The topological polar surface area (TPSA) is 78.1 Å². The monoisotopic (exact) mass is 270 g/mol. The van der Waals surface area contributed by atoms with Crippen molar-refractivity contribution < 1.29 is 8.42 Å². The fourth-order valence-electron chi connectivity index (χ4n) is 1.33. The smallest absolute Gasteiger partial charge is 0.260 e. The minimum Gasteiger partial charge on any atom is -0.310 e. The lowest BCUT2D eigenvalue weighted by molar-refractivity contribution is 0.496. The standard InChI is InChI=1S/C11H18N4O2S/c1-5-6-15(4)18(16,17)11-10(8-13-14-11)7-12-9(2)3/h1,8-9,12H,6-7H2,2-4H3,(H,13,14). The van der Waals surface area contributed by atoms with Crippen LogP contribution in [-0.4, -0.2) is 42.6 Å². The predicted octanol–water partition coefficient (Wildman–Crippen LogP) is 0.161. The van der Waals surface area contributed by atoms with Gasteiger partial charge < -0.3 is 5.32 Å². The molecule has 100 valence electrons. The molecule has 0 aliphatic heterocycles. The highest BCUT2D eigenvalue weighted by molar-refractivity contribution is 7.89. The molecule has 1 aromatic rings. The number of hydrogen-bond donors (Lipinski definition) is 2. The van der Waals surface area contributed by atoms with Gasteiger partial charge in [0.1, 0.15) is 0 Å². The molecule has 0 aromatic carbocycles. The molecule has 18 heavy (non-hydrogen) atoms. The number of aromatic amines is 1. The second-order valence-electron chi connectivity index (χ2n) is 4.23. The van der Waals surface area contributed by atoms with Crippen molar-refractivity contribution in [3.8, 4) is 12.3 Å². The summed E-state index contributed by atoms with van der Waals surface area (Å²) in [7, 11) is -2.16. The molecule has 1 rings (SSSR count). The van der Waals surface area contributed by atoms with Crippen LogP contribution in [0.25, 0.3) is 0 Å². The Morgan fingerprint density at radius 3 is 2.83 bits per heavy atom. The van der Waals surface area contributed by atoms with Gasteiger partial charge in [0.15, 0.2) is 5.03 Å². The molecule has 0 unspecified atom stereocenters. The average molecular weight is 270 g/mol. The average Bonchev–Trinajstić information content (AvgIpc) is 2.75. The van der Waals surface area contributed by atoms with Crippen LogP contribution in [0.15, 0.2) is 11.2 Å². The molecule has 1 heterocycles. The lowest BCUT2D eigenvalue weighted by atomic mass is 10.3. The molecule has 0 saturated heterocycles. The summed E-state index contributed by atoms with van der Waals surface area (Å²) < 4.78 is 25.5. The van der Waals surface area contributed by atoms with Crippen LogP contribution < -0.4 is 5.32 Å². The van der Waals surface area contributed by atoms with Gasteiger partial charge in [0, 0.05) is 25.2 Å². The number of rotatable bonds is 6.